The van der Waals surface area contributed by atoms with Gasteiger partial charge in [-0.25, -0.2) is 0 Å². The van der Waals surface area contributed by atoms with Crippen molar-refractivity contribution in [2.45, 2.75) is 26.7 Å². The van der Waals surface area contributed by atoms with Crippen LogP contribution in [0.2, 0.25) is 0 Å². The van der Waals surface area contributed by atoms with Gasteiger partial charge in [-0.05, 0) is 60.1 Å². The molecule has 9 nitrogen and oxygen atoms in total. The molecule has 2 aromatic rings. The van der Waals surface area contributed by atoms with Crippen LogP contribution in [0.4, 0.5) is 0 Å². The quantitative estimate of drug-likeness (QED) is 0.367. The second-order valence-corrected chi connectivity index (χ2v) is 8.31. The standard InChI is InChI=1S/C26H32O9/c1-15(27)34-25-21(29-3)9-17(10-22(25)30-4)7-19-13-33-14-20(19)8-18-11-23(31-5)26(35-16(2)28)24(12-18)32-6/h9-12,19-20H,7-8,13-14H2,1-6H3/t19-,20-/m1/s1. The summed E-state index contributed by atoms with van der Waals surface area (Å²) in [7, 11) is 6.08. The zero-order chi connectivity index (χ0) is 25.5. The lowest BCUT2D eigenvalue weighted by Crippen LogP contribution is -2.18. The SMILES string of the molecule is COc1cc(C[C@@H]2COC[C@H]2Cc2cc(OC)c(OC(C)=O)c(OC)c2)cc(OC)c1OC(C)=O. The molecule has 0 aliphatic carbocycles. The first-order valence-electron chi connectivity index (χ1n) is 11.2. The fraction of sp³-hybridized carbons (Fsp3) is 0.462. The normalized spacial score (nSPS) is 17.0. The molecular weight excluding hydrogens is 456 g/mol. The summed E-state index contributed by atoms with van der Waals surface area (Å²) in [5.41, 5.74) is 1.96. The third-order valence-corrected chi connectivity index (χ3v) is 5.86. The van der Waals surface area contributed by atoms with E-state index in [-0.39, 0.29) is 23.3 Å². The summed E-state index contributed by atoms with van der Waals surface area (Å²) in [5, 5.41) is 0. The Morgan fingerprint density at radius 1 is 0.686 bits per heavy atom. The molecule has 9 heteroatoms. The van der Waals surface area contributed by atoms with Gasteiger partial charge in [-0.2, -0.15) is 0 Å². The lowest BCUT2D eigenvalue weighted by molar-refractivity contribution is -0.133. The van der Waals surface area contributed by atoms with Crippen molar-refractivity contribution in [3.8, 4) is 34.5 Å². The van der Waals surface area contributed by atoms with Gasteiger partial charge < -0.3 is 33.2 Å². The Labute approximate surface area is 205 Å². The zero-order valence-electron chi connectivity index (χ0n) is 21.0. The fourth-order valence-electron chi connectivity index (χ4n) is 4.29. The van der Waals surface area contributed by atoms with Gasteiger partial charge in [-0.3, -0.25) is 9.59 Å². The van der Waals surface area contributed by atoms with Crippen molar-refractivity contribution in [2.75, 3.05) is 41.7 Å². The topological polar surface area (TPSA) is 98.8 Å². The third-order valence-electron chi connectivity index (χ3n) is 5.86. The number of hydrogen-bond acceptors (Lipinski definition) is 9. The van der Waals surface area contributed by atoms with Gasteiger partial charge in [0.15, 0.2) is 23.0 Å². The van der Waals surface area contributed by atoms with Gasteiger partial charge in [0.25, 0.3) is 0 Å². The summed E-state index contributed by atoms with van der Waals surface area (Å²) in [6, 6.07) is 7.43. The van der Waals surface area contributed by atoms with Crippen LogP contribution in [0.15, 0.2) is 24.3 Å². The summed E-state index contributed by atoms with van der Waals surface area (Å²) < 4.78 is 38.2. The largest absolute Gasteiger partial charge is 0.493 e. The van der Waals surface area contributed by atoms with E-state index in [0.717, 1.165) is 24.0 Å². The monoisotopic (exact) mass is 488 g/mol. The van der Waals surface area contributed by atoms with Crippen LogP contribution in [-0.2, 0) is 27.2 Å². The Morgan fingerprint density at radius 2 is 1.00 bits per heavy atom. The van der Waals surface area contributed by atoms with Crippen LogP contribution >= 0.6 is 0 Å². The Hall–Kier alpha value is -3.46. The first-order chi connectivity index (χ1) is 16.8. The number of esters is 2. The maximum Gasteiger partial charge on any atom is 0.308 e. The van der Waals surface area contributed by atoms with Crippen molar-refractivity contribution in [1.82, 2.24) is 0 Å². The minimum absolute atomic E-state index is 0.231. The number of hydrogen-bond donors (Lipinski definition) is 0. The molecule has 1 saturated heterocycles. The molecule has 0 unspecified atom stereocenters. The first-order valence-corrected chi connectivity index (χ1v) is 11.2. The summed E-state index contributed by atoms with van der Waals surface area (Å²) in [6.45, 7) is 3.88. The molecule has 3 rings (SSSR count). The summed E-state index contributed by atoms with van der Waals surface area (Å²) in [5.74, 6) is 1.80. The number of benzene rings is 2. The molecule has 1 heterocycles. The Bertz CT molecular complexity index is 929. The van der Waals surface area contributed by atoms with Crippen LogP contribution in [0, 0.1) is 11.8 Å². The minimum Gasteiger partial charge on any atom is -0.493 e. The van der Waals surface area contributed by atoms with Crippen molar-refractivity contribution in [1.29, 1.82) is 0 Å². The van der Waals surface area contributed by atoms with Crippen LogP contribution in [-0.4, -0.2) is 53.6 Å². The summed E-state index contributed by atoms with van der Waals surface area (Å²) >= 11 is 0. The molecule has 1 aliphatic rings. The van der Waals surface area contributed by atoms with Crippen LogP contribution in [0.3, 0.4) is 0 Å². The van der Waals surface area contributed by atoms with Gasteiger partial charge in [0.05, 0.1) is 41.7 Å². The molecule has 0 amide bonds. The average Bonchev–Trinajstić information content (AvgIpc) is 3.25. The predicted molar refractivity (Wildman–Crippen MR) is 127 cm³/mol. The van der Waals surface area contributed by atoms with Crippen molar-refractivity contribution in [3.63, 3.8) is 0 Å². The van der Waals surface area contributed by atoms with Crippen molar-refractivity contribution in [2.24, 2.45) is 11.8 Å². The van der Waals surface area contributed by atoms with Crippen LogP contribution in [0.5, 0.6) is 34.5 Å². The minimum atomic E-state index is -0.454. The van der Waals surface area contributed by atoms with Gasteiger partial charge in [0.1, 0.15) is 0 Å². The second kappa shape index (κ2) is 11.8. The molecule has 35 heavy (non-hydrogen) atoms. The Kier molecular flexibility index (Phi) is 8.81. The molecule has 0 spiro atoms. The smallest absolute Gasteiger partial charge is 0.308 e. The number of rotatable bonds is 10. The molecule has 2 atom stereocenters. The number of ether oxygens (including phenoxy) is 7. The molecule has 0 bridgehead atoms. The van der Waals surface area contributed by atoms with E-state index in [2.05, 4.69) is 0 Å². The van der Waals surface area contributed by atoms with Gasteiger partial charge in [-0.1, -0.05) is 0 Å². The Balaban J connectivity index is 1.83. The van der Waals surface area contributed by atoms with E-state index in [1.165, 1.54) is 42.3 Å². The molecular formula is C26H32O9. The lowest BCUT2D eigenvalue weighted by Gasteiger charge is -2.21. The molecule has 0 N–H and O–H groups in total. The highest BCUT2D eigenvalue weighted by molar-refractivity contribution is 5.73. The van der Waals surface area contributed by atoms with E-state index in [1.54, 1.807) is 0 Å². The maximum absolute atomic E-state index is 11.5. The lowest BCUT2D eigenvalue weighted by atomic mass is 9.85. The van der Waals surface area contributed by atoms with E-state index in [9.17, 15) is 9.59 Å². The third kappa shape index (κ3) is 6.36. The highest BCUT2D eigenvalue weighted by atomic mass is 16.6. The van der Waals surface area contributed by atoms with Crippen molar-refractivity contribution < 1.29 is 42.7 Å². The predicted octanol–water partition coefficient (Wildman–Crippen LogP) is 3.62. The van der Waals surface area contributed by atoms with Gasteiger partial charge in [-0.15, -0.1) is 0 Å². The van der Waals surface area contributed by atoms with Crippen molar-refractivity contribution in [3.05, 3.63) is 35.4 Å². The highest BCUT2D eigenvalue weighted by Gasteiger charge is 2.30. The van der Waals surface area contributed by atoms with E-state index in [4.69, 9.17) is 33.2 Å². The molecule has 0 aromatic heterocycles. The molecule has 1 aliphatic heterocycles. The molecule has 190 valence electrons. The number of methoxy groups -OCH3 is 4. The van der Waals surface area contributed by atoms with Crippen molar-refractivity contribution >= 4 is 11.9 Å². The number of carbonyl (C=O) groups is 2. The summed E-state index contributed by atoms with van der Waals surface area (Å²) in [6.07, 6.45) is 1.44. The van der Waals surface area contributed by atoms with E-state index in [0.29, 0.717) is 36.2 Å². The number of carbonyl (C=O) groups excluding carboxylic acids is 2. The van der Waals surface area contributed by atoms with E-state index >= 15 is 0 Å². The zero-order valence-corrected chi connectivity index (χ0v) is 21.0. The van der Waals surface area contributed by atoms with Crippen LogP contribution in [0.1, 0.15) is 25.0 Å². The molecule has 1 fully saturated rings. The van der Waals surface area contributed by atoms with Crippen LogP contribution in [0.25, 0.3) is 0 Å². The maximum atomic E-state index is 11.5. The first kappa shape index (κ1) is 26.2. The fourth-order valence-corrected chi connectivity index (χ4v) is 4.29. The van der Waals surface area contributed by atoms with Crippen LogP contribution < -0.4 is 28.4 Å². The van der Waals surface area contributed by atoms with Gasteiger partial charge in [0, 0.05) is 13.8 Å². The van der Waals surface area contributed by atoms with E-state index in [1.807, 2.05) is 24.3 Å². The van der Waals surface area contributed by atoms with E-state index < -0.39 is 11.9 Å². The highest BCUT2D eigenvalue weighted by Crippen LogP contribution is 2.42. The van der Waals surface area contributed by atoms with Gasteiger partial charge in [0.2, 0.25) is 11.5 Å². The Morgan fingerprint density at radius 3 is 1.26 bits per heavy atom. The average molecular weight is 489 g/mol. The molecule has 2 aromatic carbocycles. The second-order valence-electron chi connectivity index (χ2n) is 8.31. The summed E-state index contributed by atoms with van der Waals surface area (Å²) in [4.78, 5) is 23.0. The molecule has 0 radical (unpaired) electrons. The van der Waals surface area contributed by atoms with Gasteiger partial charge >= 0.3 is 11.9 Å². The molecule has 0 saturated carbocycles.